The molecule has 9 heteroatoms. The second-order valence-corrected chi connectivity index (χ2v) is 10.7. The van der Waals surface area contributed by atoms with Gasteiger partial charge in [-0.1, -0.05) is 36.4 Å². The van der Waals surface area contributed by atoms with Gasteiger partial charge in [-0.3, -0.25) is 4.79 Å². The summed E-state index contributed by atoms with van der Waals surface area (Å²) in [5.41, 5.74) is 1.46. The molecular weight excluding hydrogens is 458 g/mol. The van der Waals surface area contributed by atoms with Gasteiger partial charge in [0.15, 0.2) is 0 Å². The lowest BCUT2D eigenvalue weighted by Gasteiger charge is -2.39. The van der Waals surface area contributed by atoms with Crippen LogP contribution in [0.1, 0.15) is 6.92 Å². The Labute approximate surface area is 198 Å². The third-order valence-electron chi connectivity index (χ3n) is 5.75. The third kappa shape index (κ3) is 4.69. The lowest BCUT2D eigenvalue weighted by Crippen LogP contribution is -2.55. The highest BCUT2D eigenvalue weighted by Gasteiger charge is 2.38. The molecule has 1 saturated heterocycles. The van der Waals surface area contributed by atoms with E-state index in [9.17, 15) is 13.2 Å². The standard InChI is InChI=1S/C24H27N3O4S2/c1-19(24(28)26-16-14-25(15-17-26)20-9-4-3-5-10-20)27(21-11-6-7-12-22(21)31-2)33(29,30)23-13-8-18-32-23/h3-13,18-19H,14-17H2,1-2H3/t19-/m1/s1. The molecule has 1 aliphatic heterocycles. The van der Waals surface area contributed by atoms with Gasteiger partial charge in [-0.2, -0.15) is 0 Å². The summed E-state index contributed by atoms with van der Waals surface area (Å²) in [6.45, 7) is 4.07. The van der Waals surface area contributed by atoms with Gasteiger partial charge in [-0.15, -0.1) is 11.3 Å². The second-order valence-electron chi connectivity index (χ2n) is 7.73. The number of ether oxygens (including phenoxy) is 1. The number of anilines is 2. The Bertz CT molecular complexity index is 1180. The van der Waals surface area contributed by atoms with E-state index in [1.165, 1.54) is 11.4 Å². The number of thiophene rings is 1. The van der Waals surface area contributed by atoms with Crippen LogP contribution in [0.4, 0.5) is 11.4 Å². The maximum Gasteiger partial charge on any atom is 0.274 e. The van der Waals surface area contributed by atoms with Crippen LogP contribution in [0.25, 0.3) is 0 Å². The van der Waals surface area contributed by atoms with Crippen molar-refractivity contribution in [1.29, 1.82) is 0 Å². The number of hydrogen-bond acceptors (Lipinski definition) is 6. The molecule has 174 valence electrons. The van der Waals surface area contributed by atoms with Gasteiger partial charge in [-0.25, -0.2) is 12.7 Å². The van der Waals surface area contributed by atoms with Crippen molar-refractivity contribution in [3.8, 4) is 5.75 Å². The average Bonchev–Trinajstić information content (AvgIpc) is 3.41. The monoisotopic (exact) mass is 485 g/mol. The van der Waals surface area contributed by atoms with Crippen molar-refractivity contribution < 1.29 is 17.9 Å². The first-order chi connectivity index (χ1) is 15.9. The lowest BCUT2D eigenvalue weighted by atomic mass is 10.2. The zero-order valence-corrected chi connectivity index (χ0v) is 20.3. The average molecular weight is 486 g/mol. The van der Waals surface area contributed by atoms with Crippen molar-refractivity contribution in [3.63, 3.8) is 0 Å². The predicted octanol–water partition coefficient (Wildman–Crippen LogP) is 3.69. The van der Waals surface area contributed by atoms with Gasteiger partial charge in [0.25, 0.3) is 10.0 Å². The summed E-state index contributed by atoms with van der Waals surface area (Å²) >= 11 is 1.13. The normalized spacial score (nSPS) is 15.2. The van der Waals surface area contributed by atoms with Crippen LogP contribution in [0.5, 0.6) is 5.75 Å². The number of carbonyl (C=O) groups is 1. The predicted molar refractivity (Wildman–Crippen MR) is 132 cm³/mol. The molecule has 0 spiro atoms. The summed E-state index contributed by atoms with van der Waals surface area (Å²) in [5.74, 6) is 0.167. The number of sulfonamides is 1. The zero-order valence-electron chi connectivity index (χ0n) is 18.6. The SMILES string of the molecule is COc1ccccc1N([C@H](C)C(=O)N1CCN(c2ccccc2)CC1)S(=O)(=O)c1cccs1. The largest absolute Gasteiger partial charge is 0.495 e. The number of nitrogens with zero attached hydrogens (tertiary/aromatic N) is 3. The Morgan fingerprint density at radius 3 is 2.27 bits per heavy atom. The van der Waals surface area contributed by atoms with Crippen LogP contribution in [0.15, 0.2) is 76.3 Å². The fourth-order valence-corrected chi connectivity index (χ4v) is 6.76. The molecule has 1 fully saturated rings. The van der Waals surface area contributed by atoms with E-state index in [1.54, 1.807) is 53.6 Å². The molecule has 0 aliphatic carbocycles. The van der Waals surface area contributed by atoms with Crippen LogP contribution in [0.3, 0.4) is 0 Å². The van der Waals surface area contributed by atoms with Crippen molar-refractivity contribution in [1.82, 2.24) is 4.90 Å². The van der Waals surface area contributed by atoms with Crippen LogP contribution in [0.2, 0.25) is 0 Å². The number of carbonyl (C=O) groups excluding carboxylic acids is 1. The number of rotatable bonds is 7. The molecule has 3 aromatic rings. The van der Waals surface area contributed by atoms with Crippen molar-refractivity contribution in [2.45, 2.75) is 17.2 Å². The van der Waals surface area contributed by atoms with E-state index in [1.807, 2.05) is 18.2 Å². The summed E-state index contributed by atoms with van der Waals surface area (Å²) in [7, 11) is -2.48. The summed E-state index contributed by atoms with van der Waals surface area (Å²) in [4.78, 5) is 17.5. The minimum atomic E-state index is -3.97. The van der Waals surface area contributed by atoms with E-state index in [0.29, 0.717) is 37.6 Å². The molecule has 1 aromatic heterocycles. The molecule has 7 nitrogen and oxygen atoms in total. The van der Waals surface area contributed by atoms with Gasteiger partial charge in [-0.05, 0) is 42.6 Å². The van der Waals surface area contributed by atoms with Crippen LogP contribution in [-0.4, -0.2) is 58.6 Å². The molecular formula is C24H27N3O4S2. The first-order valence-electron chi connectivity index (χ1n) is 10.7. The Morgan fingerprint density at radius 1 is 0.970 bits per heavy atom. The molecule has 0 unspecified atom stereocenters. The first-order valence-corrected chi connectivity index (χ1v) is 13.0. The highest BCUT2D eigenvalue weighted by atomic mass is 32.2. The quantitative estimate of drug-likeness (QED) is 0.511. The molecule has 4 rings (SSSR count). The summed E-state index contributed by atoms with van der Waals surface area (Å²) in [6.07, 6.45) is 0. The Balaban J connectivity index is 1.60. The van der Waals surface area contributed by atoms with Gasteiger partial charge in [0, 0.05) is 31.9 Å². The van der Waals surface area contributed by atoms with Gasteiger partial charge in [0.1, 0.15) is 16.0 Å². The molecule has 0 radical (unpaired) electrons. The number of benzene rings is 2. The molecule has 0 saturated carbocycles. The molecule has 1 amide bonds. The van der Waals surface area contributed by atoms with Crippen molar-refractivity contribution >= 4 is 38.6 Å². The van der Waals surface area contributed by atoms with Crippen LogP contribution in [0, 0.1) is 0 Å². The number of amides is 1. The van der Waals surface area contributed by atoms with Crippen molar-refractivity contribution in [3.05, 3.63) is 72.1 Å². The lowest BCUT2D eigenvalue weighted by molar-refractivity contribution is -0.132. The third-order valence-corrected chi connectivity index (χ3v) is 9.01. The Hall–Kier alpha value is -3.04. The van der Waals surface area contributed by atoms with Crippen molar-refractivity contribution in [2.75, 3.05) is 42.5 Å². The minimum Gasteiger partial charge on any atom is -0.495 e. The highest BCUT2D eigenvalue weighted by molar-refractivity contribution is 7.94. The number of hydrogen-bond donors (Lipinski definition) is 0. The molecule has 33 heavy (non-hydrogen) atoms. The molecule has 2 heterocycles. The smallest absolute Gasteiger partial charge is 0.274 e. The highest BCUT2D eigenvalue weighted by Crippen LogP contribution is 2.35. The van der Waals surface area contributed by atoms with E-state index in [-0.39, 0.29) is 10.1 Å². The fourth-order valence-electron chi connectivity index (χ4n) is 4.05. The van der Waals surface area contributed by atoms with E-state index >= 15 is 0 Å². The molecule has 0 N–H and O–H groups in total. The summed E-state index contributed by atoms with van der Waals surface area (Å²) < 4.78 is 34.1. The van der Waals surface area contributed by atoms with Crippen LogP contribution < -0.4 is 13.9 Å². The summed E-state index contributed by atoms with van der Waals surface area (Å²) in [5, 5.41) is 1.71. The minimum absolute atomic E-state index is 0.182. The maximum atomic E-state index is 13.6. The second kappa shape index (κ2) is 9.84. The molecule has 0 bridgehead atoms. The van der Waals surface area contributed by atoms with Gasteiger partial charge < -0.3 is 14.5 Å². The molecule has 1 aliphatic rings. The Morgan fingerprint density at radius 2 is 1.64 bits per heavy atom. The number of para-hydroxylation sites is 3. The first kappa shape index (κ1) is 23.1. The maximum absolute atomic E-state index is 13.6. The Kier molecular flexibility index (Phi) is 6.90. The number of piperazine rings is 1. The van der Waals surface area contributed by atoms with E-state index in [0.717, 1.165) is 17.0 Å². The van der Waals surface area contributed by atoms with E-state index < -0.39 is 16.1 Å². The number of methoxy groups -OCH3 is 1. The zero-order chi connectivity index (χ0) is 23.4. The topological polar surface area (TPSA) is 70.2 Å². The van der Waals surface area contributed by atoms with Crippen molar-refractivity contribution in [2.24, 2.45) is 0 Å². The van der Waals surface area contributed by atoms with Gasteiger partial charge >= 0.3 is 0 Å². The molecule has 1 atom stereocenters. The molecule has 2 aromatic carbocycles. The summed E-state index contributed by atoms with van der Waals surface area (Å²) in [6, 6.07) is 19.3. The van der Waals surface area contributed by atoms with Crippen LogP contribution >= 0.6 is 11.3 Å². The van der Waals surface area contributed by atoms with Gasteiger partial charge in [0.2, 0.25) is 5.91 Å². The van der Waals surface area contributed by atoms with Crippen LogP contribution in [-0.2, 0) is 14.8 Å². The van der Waals surface area contributed by atoms with E-state index in [2.05, 4.69) is 17.0 Å². The van der Waals surface area contributed by atoms with Gasteiger partial charge in [0.05, 0.1) is 12.8 Å². The van der Waals surface area contributed by atoms with E-state index in [4.69, 9.17) is 4.74 Å². The fraction of sp³-hybridized carbons (Fsp3) is 0.292.